The van der Waals surface area contributed by atoms with E-state index in [4.69, 9.17) is 5.73 Å². The summed E-state index contributed by atoms with van der Waals surface area (Å²) in [6, 6.07) is 16.6. The first-order chi connectivity index (χ1) is 8.00. The van der Waals surface area contributed by atoms with Gasteiger partial charge in [0.2, 0.25) is 0 Å². The SMILES string of the molecule is Cc1cc(C)cc(C(N)(P)c2ccccc2)c1. The summed E-state index contributed by atoms with van der Waals surface area (Å²) >= 11 is 0. The predicted molar refractivity (Wildman–Crippen MR) is 77.0 cm³/mol. The molecule has 1 nitrogen and oxygen atoms in total. The van der Waals surface area contributed by atoms with E-state index < -0.39 is 5.28 Å². The van der Waals surface area contributed by atoms with Gasteiger partial charge in [0.25, 0.3) is 0 Å². The summed E-state index contributed by atoms with van der Waals surface area (Å²) in [5.74, 6) is 0. The highest BCUT2D eigenvalue weighted by molar-refractivity contribution is 7.18. The smallest absolute Gasteiger partial charge is 0.0805 e. The Kier molecular flexibility index (Phi) is 3.33. The van der Waals surface area contributed by atoms with Gasteiger partial charge in [0.1, 0.15) is 0 Å². The fraction of sp³-hybridized carbons (Fsp3) is 0.200. The van der Waals surface area contributed by atoms with Crippen molar-refractivity contribution in [1.29, 1.82) is 0 Å². The number of nitrogens with two attached hydrogens (primary N) is 1. The Morgan fingerprint density at radius 2 is 1.41 bits per heavy atom. The molecule has 0 saturated heterocycles. The summed E-state index contributed by atoms with van der Waals surface area (Å²) in [6.07, 6.45) is 0. The quantitative estimate of drug-likeness (QED) is 0.804. The second-order valence-electron chi connectivity index (χ2n) is 4.61. The van der Waals surface area contributed by atoms with Gasteiger partial charge in [-0.25, -0.2) is 0 Å². The summed E-state index contributed by atoms with van der Waals surface area (Å²) in [5.41, 5.74) is 11.2. The van der Waals surface area contributed by atoms with Gasteiger partial charge in [-0.15, -0.1) is 9.24 Å². The van der Waals surface area contributed by atoms with E-state index in [1.807, 2.05) is 18.2 Å². The van der Waals surface area contributed by atoms with Crippen LogP contribution in [0.5, 0.6) is 0 Å². The summed E-state index contributed by atoms with van der Waals surface area (Å²) in [6.45, 7) is 4.20. The van der Waals surface area contributed by atoms with Gasteiger partial charge in [-0.3, -0.25) is 0 Å². The molecule has 2 atom stereocenters. The summed E-state index contributed by atoms with van der Waals surface area (Å²) in [5, 5.41) is -0.516. The molecule has 2 aromatic rings. The number of rotatable bonds is 2. The first-order valence-electron chi connectivity index (χ1n) is 5.72. The van der Waals surface area contributed by atoms with Gasteiger partial charge in [0.15, 0.2) is 0 Å². The van der Waals surface area contributed by atoms with Gasteiger partial charge in [-0.1, -0.05) is 59.7 Å². The Bertz CT molecular complexity index is 497. The van der Waals surface area contributed by atoms with Crippen molar-refractivity contribution >= 4 is 9.24 Å². The van der Waals surface area contributed by atoms with Crippen LogP contribution in [-0.2, 0) is 5.28 Å². The highest BCUT2D eigenvalue weighted by Gasteiger charge is 2.23. The van der Waals surface area contributed by atoms with Gasteiger partial charge in [-0.05, 0) is 25.0 Å². The zero-order valence-electron chi connectivity index (χ0n) is 10.3. The molecule has 0 fully saturated rings. The maximum atomic E-state index is 6.46. The Labute approximate surface area is 105 Å². The molecular weight excluding hydrogens is 225 g/mol. The van der Waals surface area contributed by atoms with Crippen LogP contribution in [0.15, 0.2) is 48.5 Å². The maximum absolute atomic E-state index is 6.46. The van der Waals surface area contributed by atoms with Crippen molar-refractivity contribution in [3.05, 3.63) is 70.8 Å². The molecule has 0 heterocycles. The molecule has 0 radical (unpaired) electrons. The van der Waals surface area contributed by atoms with Crippen LogP contribution in [0.2, 0.25) is 0 Å². The zero-order chi connectivity index (χ0) is 12.5. The molecule has 88 valence electrons. The lowest BCUT2D eigenvalue weighted by molar-refractivity contribution is 0.789. The van der Waals surface area contributed by atoms with Crippen molar-refractivity contribution in [1.82, 2.24) is 0 Å². The van der Waals surface area contributed by atoms with Crippen LogP contribution in [-0.4, -0.2) is 0 Å². The summed E-state index contributed by atoms with van der Waals surface area (Å²) < 4.78 is 0. The third kappa shape index (κ3) is 2.57. The Morgan fingerprint density at radius 1 is 0.882 bits per heavy atom. The van der Waals surface area contributed by atoms with Gasteiger partial charge in [0.05, 0.1) is 5.28 Å². The van der Waals surface area contributed by atoms with Crippen LogP contribution in [0.3, 0.4) is 0 Å². The van der Waals surface area contributed by atoms with Crippen LogP contribution < -0.4 is 5.73 Å². The lowest BCUT2D eigenvalue weighted by atomic mass is 9.95. The second kappa shape index (κ2) is 4.60. The van der Waals surface area contributed by atoms with Crippen molar-refractivity contribution < 1.29 is 0 Å². The van der Waals surface area contributed by atoms with Crippen molar-refractivity contribution in [3.8, 4) is 0 Å². The number of hydrogen-bond acceptors (Lipinski definition) is 1. The van der Waals surface area contributed by atoms with Crippen molar-refractivity contribution in [2.45, 2.75) is 19.1 Å². The average Bonchev–Trinajstić information content (AvgIpc) is 2.29. The molecule has 17 heavy (non-hydrogen) atoms. The molecule has 2 unspecified atom stereocenters. The maximum Gasteiger partial charge on any atom is 0.0805 e. The molecule has 0 aliphatic heterocycles. The molecule has 2 heteroatoms. The lowest BCUT2D eigenvalue weighted by Gasteiger charge is -2.26. The molecule has 0 aliphatic rings. The fourth-order valence-electron chi connectivity index (χ4n) is 2.09. The second-order valence-corrected chi connectivity index (χ2v) is 5.52. The number of aryl methyl sites for hydroxylation is 2. The van der Waals surface area contributed by atoms with E-state index >= 15 is 0 Å². The molecular formula is C15H18NP. The lowest BCUT2D eigenvalue weighted by Crippen LogP contribution is -2.30. The van der Waals surface area contributed by atoms with E-state index in [0.717, 1.165) is 11.1 Å². The normalized spacial score (nSPS) is 14.4. The van der Waals surface area contributed by atoms with Crippen LogP contribution >= 0.6 is 9.24 Å². The average molecular weight is 243 g/mol. The number of hydrogen-bond donors (Lipinski definition) is 1. The van der Waals surface area contributed by atoms with Gasteiger partial charge < -0.3 is 5.73 Å². The van der Waals surface area contributed by atoms with E-state index in [9.17, 15) is 0 Å². The minimum Gasteiger partial charge on any atom is -0.315 e. The molecule has 0 bridgehead atoms. The van der Waals surface area contributed by atoms with E-state index in [2.05, 4.69) is 53.4 Å². The minimum absolute atomic E-state index is 0.516. The van der Waals surface area contributed by atoms with Crippen LogP contribution in [0, 0.1) is 13.8 Å². The molecule has 0 saturated carbocycles. The van der Waals surface area contributed by atoms with E-state index in [1.165, 1.54) is 11.1 Å². The van der Waals surface area contributed by atoms with Crippen molar-refractivity contribution in [2.75, 3.05) is 0 Å². The first kappa shape index (κ1) is 12.3. The predicted octanol–water partition coefficient (Wildman–Crippen LogP) is 3.34. The van der Waals surface area contributed by atoms with Gasteiger partial charge >= 0.3 is 0 Å². The van der Waals surface area contributed by atoms with Crippen molar-refractivity contribution in [2.24, 2.45) is 5.73 Å². The Morgan fingerprint density at radius 3 is 1.94 bits per heavy atom. The highest BCUT2D eigenvalue weighted by atomic mass is 31.0. The molecule has 2 N–H and O–H groups in total. The molecule has 2 aromatic carbocycles. The Balaban J connectivity index is 2.51. The van der Waals surface area contributed by atoms with Crippen LogP contribution in [0.25, 0.3) is 0 Å². The Hall–Kier alpha value is -1.17. The minimum atomic E-state index is -0.516. The first-order valence-corrected chi connectivity index (χ1v) is 6.30. The highest BCUT2D eigenvalue weighted by Crippen LogP contribution is 2.34. The van der Waals surface area contributed by atoms with Crippen LogP contribution in [0.1, 0.15) is 22.3 Å². The fourth-order valence-corrected chi connectivity index (χ4v) is 2.45. The van der Waals surface area contributed by atoms with E-state index in [-0.39, 0.29) is 0 Å². The monoisotopic (exact) mass is 243 g/mol. The van der Waals surface area contributed by atoms with Gasteiger partial charge in [0, 0.05) is 0 Å². The summed E-state index contributed by atoms with van der Waals surface area (Å²) in [4.78, 5) is 0. The molecule has 0 aliphatic carbocycles. The standard InChI is InChI=1S/C15H18NP/c1-11-8-12(2)10-14(9-11)15(16,17)13-6-4-3-5-7-13/h3-10H,16-17H2,1-2H3. The third-order valence-electron chi connectivity index (χ3n) is 2.95. The molecule has 0 spiro atoms. The molecule has 2 rings (SSSR count). The molecule has 0 aromatic heterocycles. The molecule has 0 amide bonds. The van der Waals surface area contributed by atoms with E-state index in [0.29, 0.717) is 0 Å². The van der Waals surface area contributed by atoms with Crippen molar-refractivity contribution in [3.63, 3.8) is 0 Å². The summed E-state index contributed by atoms with van der Waals surface area (Å²) in [7, 11) is 2.77. The van der Waals surface area contributed by atoms with E-state index in [1.54, 1.807) is 0 Å². The van der Waals surface area contributed by atoms with Gasteiger partial charge in [-0.2, -0.15) is 0 Å². The largest absolute Gasteiger partial charge is 0.315 e. The zero-order valence-corrected chi connectivity index (χ0v) is 11.4. The van der Waals surface area contributed by atoms with Crippen LogP contribution in [0.4, 0.5) is 0 Å². The number of benzene rings is 2. The topological polar surface area (TPSA) is 26.0 Å². The third-order valence-corrected chi connectivity index (χ3v) is 3.62.